The maximum Gasteiger partial charge on any atom is 0.0448 e. The van der Waals surface area contributed by atoms with Gasteiger partial charge in [0.15, 0.2) is 0 Å². The zero-order valence-electron chi connectivity index (χ0n) is 10.4. The van der Waals surface area contributed by atoms with Gasteiger partial charge in [-0.1, -0.05) is 13.8 Å². The summed E-state index contributed by atoms with van der Waals surface area (Å²) in [5, 5.41) is 0. The molecular weight excluding hydrogens is 198 g/mol. The molecular formula is C13H23N3. The highest BCUT2D eigenvalue weighted by Crippen LogP contribution is 2.12. The second kappa shape index (κ2) is 5.39. The van der Waals surface area contributed by atoms with E-state index in [1.165, 1.54) is 32.5 Å². The first-order valence-electron chi connectivity index (χ1n) is 6.36. The number of hydrogen-bond donors (Lipinski definition) is 1. The van der Waals surface area contributed by atoms with Crippen LogP contribution in [0.3, 0.4) is 0 Å². The lowest BCUT2D eigenvalue weighted by molar-refractivity contribution is 0.194. The van der Waals surface area contributed by atoms with Crippen molar-refractivity contribution in [1.29, 1.82) is 0 Å². The van der Waals surface area contributed by atoms with Gasteiger partial charge in [-0.3, -0.25) is 4.68 Å². The predicted molar refractivity (Wildman–Crippen MR) is 68.1 cm³/mol. The van der Waals surface area contributed by atoms with Crippen molar-refractivity contribution in [3.8, 4) is 0 Å². The Bertz CT molecular complexity index is 284. The molecule has 1 aromatic heterocycles. The van der Waals surface area contributed by atoms with E-state index in [-0.39, 0.29) is 0 Å². The van der Waals surface area contributed by atoms with Gasteiger partial charge < -0.3 is 10.3 Å². The van der Waals surface area contributed by atoms with Crippen LogP contribution in [0.2, 0.25) is 0 Å². The van der Waals surface area contributed by atoms with Crippen LogP contribution in [-0.2, 0) is 0 Å². The van der Waals surface area contributed by atoms with Crippen LogP contribution >= 0.6 is 0 Å². The Hall–Kier alpha value is -0.960. The van der Waals surface area contributed by atoms with Crippen LogP contribution in [-0.4, -0.2) is 35.3 Å². The van der Waals surface area contributed by atoms with Crippen molar-refractivity contribution in [3.63, 3.8) is 0 Å². The first-order valence-corrected chi connectivity index (χ1v) is 6.36. The average Bonchev–Trinajstić information content (AvgIpc) is 2.73. The largest absolute Gasteiger partial charge is 0.323 e. The minimum absolute atomic E-state index is 0.635. The minimum Gasteiger partial charge on any atom is -0.323 e. The molecule has 2 rings (SSSR count). The first-order chi connectivity index (χ1) is 7.74. The van der Waals surface area contributed by atoms with Crippen LogP contribution in [0.1, 0.15) is 26.7 Å². The van der Waals surface area contributed by atoms with E-state index in [1.807, 2.05) is 0 Å². The summed E-state index contributed by atoms with van der Waals surface area (Å²) in [6.07, 6.45) is 6.65. The third-order valence-electron chi connectivity index (χ3n) is 3.15. The van der Waals surface area contributed by atoms with E-state index in [2.05, 4.69) is 53.4 Å². The molecule has 90 valence electrons. The molecule has 3 heteroatoms. The van der Waals surface area contributed by atoms with E-state index in [0.717, 1.165) is 5.92 Å². The highest BCUT2D eigenvalue weighted by Gasteiger charge is 2.19. The third-order valence-corrected chi connectivity index (χ3v) is 3.15. The van der Waals surface area contributed by atoms with E-state index in [9.17, 15) is 0 Å². The number of nitrogens with zero attached hydrogens (tertiary/aromatic N) is 2. The van der Waals surface area contributed by atoms with Crippen molar-refractivity contribution in [2.45, 2.75) is 32.7 Å². The van der Waals surface area contributed by atoms with Crippen LogP contribution < -0.4 is 5.43 Å². The summed E-state index contributed by atoms with van der Waals surface area (Å²) in [5.74, 6) is 0.786. The Balaban J connectivity index is 1.73. The zero-order chi connectivity index (χ0) is 11.4. The Morgan fingerprint density at radius 1 is 1.19 bits per heavy atom. The molecule has 16 heavy (non-hydrogen) atoms. The molecule has 0 bridgehead atoms. The minimum atomic E-state index is 0.635. The highest BCUT2D eigenvalue weighted by atomic mass is 15.4. The van der Waals surface area contributed by atoms with Gasteiger partial charge in [0, 0.05) is 38.1 Å². The summed E-state index contributed by atoms with van der Waals surface area (Å²) in [6, 6.07) is 4.75. The molecule has 1 saturated heterocycles. The van der Waals surface area contributed by atoms with Crippen LogP contribution in [0.5, 0.6) is 0 Å². The molecule has 1 aliphatic rings. The molecule has 2 heterocycles. The molecule has 0 saturated carbocycles. The van der Waals surface area contributed by atoms with Crippen molar-refractivity contribution in [2.24, 2.45) is 5.92 Å². The summed E-state index contributed by atoms with van der Waals surface area (Å²) in [6.45, 7) is 8.30. The molecule has 0 amide bonds. The van der Waals surface area contributed by atoms with E-state index in [0.29, 0.717) is 6.04 Å². The summed E-state index contributed by atoms with van der Waals surface area (Å²) < 4.78 is 2.07. The number of hydrogen-bond acceptors (Lipinski definition) is 2. The highest BCUT2D eigenvalue weighted by molar-refractivity contribution is 4.96. The number of nitrogens with one attached hydrogen (secondary N) is 1. The Kier molecular flexibility index (Phi) is 3.88. The van der Waals surface area contributed by atoms with Crippen molar-refractivity contribution < 1.29 is 0 Å². The molecule has 1 N–H and O–H groups in total. The number of likely N-dealkylation sites (tertiary alicyclic amines) is 1. The SMILES string of the molecule is CC(C)CN1CCC(Nn2cccc2)CC1. The van der Waals surface area contributed by atoms with E-state index < -0.39 is 0 Å². The second-order valence-corrected chi connectivity index (χ2v) is 5.19. The lowest BCUT2D eigenvalue weighted by atomic mass is 10.0. The fraction of sp³-hybridized carbons (Fsp3) is 0.692. The van der Waals surface area contributed by atoms with Crippen molar-refractivity contribution >= 4 is 0 Å². The Labute approximate surface area is 98.4 Å². The van der Waals surface area contributed by atoms with Gasteiger partial charge >= 0.3 is 0 Å². The first kappa shape index (κ1) is 11.5. The Morgan fingerprint density at radius 2 is 1.81 bits per heavy atom. The zero-order valence-corrected chi connectivity index (χ0v) is 10.4. The van der Waals surface area contributed by atoms with Gasteiger partial charge in [-0.15, -0.1) is 0 Å². The smallest absolute Gasteiger partial charge is 0.0448 e. The monoisotopic (exact) mass is 221 g/mol. The van der Waals surface area contributed by atoms with Gasteiger partial charge in [0.1, 0.15) is 0 Å². The van der Waals surface area contributed by atoms with Crippen molar-refractivity contribution in [2.75, 3.05) is 25.1 Å². The fourth-order valence-corrected chi connectivity index (χ4v) is 2.39. The molecule has 0 radical (unpaired) electrons. The summed E-state index contributed by atoms with van der Waals surface area (Å²) >= 11 is 0. The van der Waals surface area contributed by atoms with Gasteiger partial charge in [0.25, 0.3) is 0 Å². The lowest BCUT2D eigenvalue weighted by Gasteiger charge is -2.33. The lowest BCUT2D eigenvalue weighted by Crippen LogP contribution is -2.42. The number of aromatic nitrogens is 1. The van der Waals surface area contributed by atoms with E-state index >= 15 is 0 Å². The van der Waals surface area contributed by atoms with Gasteiger partial charge in [0.05, 0.1) is 0 Å². The molecule has 3 nitrogen and oxygen atoms in total. The Morgan fingerprint density at radius 3 is 2.38 bits per heavy atom. The quantitative estimate of drug-likeness (QED) is 0.840. The van der Waals surface area contributed by atoms with Crippen LogP contribution in [0.25, 0.3) is 0 Å². The van der Waals surface area contributed by atoms with Crippen molar-refractivity contribution in [3.05, 3.63) is 24.5 Å². The molecule has 0 aliphatic carbocycles. The normalized spacial score (nSPS) is 19.2. The molecule has 0 unspecified atom stereocenters. The molecule has 1 aromatic rings. The summed E-state index contributed by atoms with van der Waals surface area (Å²) in [5.41, 5.74) is 3.52. The molecule has 0 spiro atoms. The number of rotatable bonds is 4. The predicted octanol–water partition coefficient (Wildman–Crippen LogP) is 2.15. The van der Waals surface area contributed by atoms with Gasteiger partial charge in [-0.2, -0.15) is 0 Å². The standard InChI is InChI=1S/C13H23N3/c1-12(2)11-15-9-5-13(6-10-15)14-16-7-3-4-8-16/h3-4,7-8,12-14H,5-6,9-11H2,1-2H3. The maximum atomic E-state index is 3.52. The van der Waals surface area contributed by atoms with Gasteiger partial charge in [-0.05, 0) is 30.9 Å². The van der Waals surface area contributed by atoms with Crippen LogP contribution in [0.15, 0.2) is 24.5 Å². The maximum absolute atomic E-state index is 3.52. The average molecular weight is 221 g/mol. The molecule has 0 atom stereocenters. The third kappa shape index (κ3) is 3.27. The topological polar surface area (TPSA) is 20.2 Å². The summed E-state index contributed by atoms with van der Waals surface area (Å²) in [4.78, 5) is 2.58. The summed E-state index contributed by atoms with van der Waals surface area (Å²) in [7, 11) is 0. The van der Waals surface area contributed by atoms with Crippen molar-refractivity contribution in [1.82, 2.24) is 9.58 Å². The van der Waals surface area contributed by atoms with Gasteiger partial charge in [0.2, 0.25) is 0 Å². The number of piperidine rings is 1. The molecule has 1 fully saturated rings. The molecule has 1 aliphatic heterocycles. The van der Waals surface area contributed by atoms with Crippen LogP contribution in [0, 0.1) is 5.92 Å². The van der Waals surface area contributed by atoms with Crippen LogP contribution in [0.4, 0.5) is 0 Å². The van der Waals surface area contributed by atoms with Gasteiger partial charge in [-0.25, -0.2) is 0 Å². The fourth-order valence-electron chi connectivity index (χ4n) is 2.39. The van der Waals surface area contributed by atoms with E-state index in [4.69, 9.17) is 0 Å². The van der Waals surface area contributed by atoms with E-state index in [1.54, 1.807) is 0 Å². The second-order valence-electron chi connectivity index (χ2n) is 5.19. The molecule has 0 aromatic carbocycles.